The summed E-state index contributed by atoms with van der Waals surface area (Å²) in [6.07, 6.45) is 7.25. The third-order valence-electron chi connectivity index (χ3n) is 4.37. The fourth-order valence-corrected chi connectivity index (χ4v) is 3.23. The molecule has 1 aromatic rings. The number of rotatable bonds is 2. The summed E-state index contributed by atoms with van der Waals surface area (Å²) in [4.78, 5) is 2.20. The molecule has 0 amide bonds. The largest absolute Gasteiger partial charge is 0.354 e. The highest BCUT2D eigenvalue weighted by molar-refractivity contribution is 5.38. The van der Waals surface area contributed by atoms with Gasteiger partial charge in [-0.2, -0.15) is 10.4 Å². The van der Waals surface area contributed by atoms with Crippen LogP contribution in [0.4, 0.5) is 5.82 Å². The molecule has 0 aromatic carbocycles. The second-order valence-electron chi connectivity index (χ2n) is 5.71. The molecule has 2 aliphatic rings. The van der Waals surface area contributed by atoms with E-state index in [9.17, 15) is 0 Å². The van der Waals surface area contributed by atoms with Crippen molar-refractivity contribution in [3.63, 3.8) is 0 Å². The van der Waals surface area contributed by atoms with Crippen LogP contribution in [0, 0.1) is 17.2 Å². The highest BCUT2D eigenvalue weighted by atomic mass is 15.3. The van der Waals surface area contributed by atoms with Gasteiger partial charge in [-0.05, 0) is 37.8 Å². The molecule has 0 N–H and O–H groups in total. The lowest BCUT2D eigenvalue weighted by atomic mass is 9.99. The van der Waals surface area contributed by atoms with Gasteiger partial charge in [0.25, 0.3) is 0 Å². The predicted octanol–water partition coefficient (Wildman–Crippen LogP) is 2.87. The zero-order valence-corrected chi connectivity index (χ0v) is 11.3. The molecule has 3 rings (SSSR count). The third kappa shape index (κ3) is 2.70. The average Bonchev–Trinajstić information content (AvgIpc) is 3.02. The van der Waals surface area contributed by atoms with Gasteiger partial charge in [0.1, 0.15) is 0 Å². The van der Waals surface area contributed by atoms with E-state index in [1.165, 1.54) is 25.7 Å². The Balaban J connectivity index is 1.69. The van der Waals surface area contributed by atoms with E-state index in [2.05, 4.69) is 33.3 Å². The van der Waals surface area contributed by atoms with E-state index in [0.29, 0.717) is 5.92 Å². The van der Waals surface area contributed by atoms with Gasteiger partial charge in [-0.15, -0.1) is 5.10 Å². The Hall–Kier alpha value is -1.63. The van der Waals surface area contributed by atoms with Crippen molar-refractivity contribution in [1.29, 1.82) is 5.26 Å². The fourth-order valence-electron chi connectivity index (χ4n) is 3.23. The smallest absolute Gasteiger partial charge is 0.151 e. The van der Waals surface area contributed by atoms with E-state index in [0.717, 1.165) is 37.4 Å². The number of hydrogen-bond acceptors (Lipinski definition) is 4. The highest BCUT2D eigenvalue weighted by Crippen LogP contribution is 2.33. The van der Waals surface area contributed by atoms with Crippen LogP contribution in [-0.2, 0) is 0 Å². The van der Waals surface area contributed by atoms with E-state index in [1.807, 2.05) is 0 Å². The molecule has 1 atom stereocenters. The zero-order valence-electron chi connectivity index (χ0n) is 11.3. The summed E-state index contributed by atoms with van der Waals surface area (Å²) < 4.78 is 0. The Morgan fingerprint density at radius 3 is 2.63 bits per heavy atom. The Labute approximate surface area is 114 Å². The van der Waals surface area contributed by atoms with Crippen LogP contribution >= 0.6 is 0 Å². The number of piperidine rings is 1. The van der Waals surface area contributed by atoms with Crippen LogP contribution in [0.5, 0.6) is 0 Å². The molecule has 1 aromatic heterocycles. The van der Waals surface area contributed by atoms with Gasteiger partial charge in [0.05, 0.1) is 17.7 Å². The molecule has 0 spiro atoms. The molecule has 1 saturated carbocycles. The van der Waals surface area contributed by atoms with Crippen LogP contribution in [0.25, 0.3) is 0 Å². The molecule has 100 valence electrons. The summed E-state index contributed by atoms with van der Waals surface area (Å²) in [6, 6.07) is 6.59. The van der Waals surface area contributed by atoms with Crippen molar-refractivity contribution in [2.24, 2.45) is 5.92 Å². The second kappa shape index (κ2) is 5.56. The summed E-state index contributed by atoms with van der Waals surface area (Å²) in [6.45, 7) is 1.80. The molecule has 2 fully saturated rings. The number of nitrogens with zero attached hydrogens (tertiary/aromatic N) is 4. The SMILES string of the molecule is N#CC1CCCN(c2ccc(C3CCCC3)nn2)C1. The van der Waals surface area contributed by atoms with E-state index in [4.69, 9.17) is 5.26 Å². The molecule has 1 unspecified atom stereocenters. The summed E-state index contributed by atoms with van der Waals surface area (Å²) in [5.74, 6) is 1.70. The van der Waals surface area contributed by atoms with Gasteiger partial charge in [0, 0.05) is 19.0 Å². The Morgan fingerprint density at radius 2 is 1.95 bits per heavy atom. The van der Waals surface area contributed by atoms with Crippen molar-refractivity contribution in [3.05, 3.63) is 17.8 Å². The normalized spacial score (nSPS) is 24.4. The van der Waals surface area contributed by atoms with Crippen molar-refractivity contribution in [1.82, 2.24) is 10.2 Å². The second-order valence-corrected chi connectivity index (χ2v) is 5.71. The van der Waals surface area contributed by atoms with E-state index in [1.54, 1.807) is 0 Å². The molecule has 4 heteroatoms. The van der Waals surface area contributed by atoms with Crippen LogP contribution in [0.1, 0.15) is 50.1 Å². The maximum Gasteiger partial charge on any atom is 0.151 e. The van der Waals surface area contributed by atoms with Crippen molar-refractivity contribution < 1.29 is 0 Å². The minimum Gasteiger partial charge on any atom is -0.354 e. The minimum atomic E-state index is 0.144. The number of hydrogen-bond donors (Lipinski definition) is 0. The lowest BCUT2D eigenvalue weighted by Gasteiger charge is -2.30. The molecule has 4 nitrogen and oxygen atoms in total. The van der Waals surface area contributed by atoms with Crippen molar-refractivity contribution >= 4 is 5.82 Å². The first-order valence-electron chi connectivity index (χ1n) is 7.35. The van der Waals surface area contributed by atoms with E-state index >= 15 is 0 Å². The number of aromatic nitrogens is 2. The van der Waals surface area contributed by atoms with Crippen LogP contribution < -0.4 is 4.90 Å². The van der Waals surface area contributed by atoms with Gasteiger partial charge in [-0.3, -0.25) is 0 Å². The summed E-state index contributed by atoms with van der Waals surface area (Å²) in [7, 11) is 0. The molecule has 0 bridgehead atoms. The molecule has 1 saturated heterocycles. The molecular weight excluding hydrogens is 236 g/mol. The van der Waals surface area contributed by atoms with E-state index in [-0.39, 0.29) is 5.92 Å². The Kier molecular flexibility index (Phi) is 3.63. The molecule has 1 aliphatic carbocycles. The maximum absolute atomic E-state index is 9.03. The third-order valence-corrected chi connectivity index (χ3v) is 4.37. The fraction of sp³-hybridized carbons (Fsp3) is 0.667. The van der Waals surface area contributed by atoms with Crippen molar-refractivity contribution in [2.75, 3.05) is 18.0 Å². The number of anilines is 1. The van der Waals surface area contributed by atoms with E-state index < -0.39 is 0 Å². The van der Waals surface area contributed by atoms with Crippen molar-refractivity contribution in [2.45, 2.75) is 44.4 Å². The van der Waals surface area contributed by atoms with Gasteiger partial charge in [0.15, 0.2) is 5.82 Å². The first-order chi connectivity index (χ1) is 9.36. The minimum absolute atomic E-state index is 0.144. The van der Waals surface area contributed by atoms with Crippen LogP contribution in [0.3, 0.4) is 0 Å². The van der Waals surface area contributed by atoms with Crippen LogP contribution in [0.15, 0.2) is 12.1 Å². The van der Waals surface area contributed by atoms with Gasteiger partial charge in [0.2, 0.25) is 0 Å². The average molecular weight is 256 g/mol. The van der Waals surface area contributed by atoms with Crippen LogP contribution in [0.2, 0.25) is 0 Å². The Morgan fingerprint density at radius 1 is 1.11 bits per heavy atom. The van der Waals surface area contributed by atoms with Gasteiger partial charge in [-0.1, -0.05) is 12.8 Å². The van der Waals surface area contributed by atoms with Crippen molar-refractivity contribution in [3.8, 4) is 6.07 Å². The first-order valence-corrected chi connectivity index (χ1v) is 7.35. The topological polar surface area (TPSA) is 52.8 Å². The van der Waals surface area contributed by atoms with Gasteiger partial charge < -0.3 is 4.90 Å². The molecule has 19 heavy (non-hydrogen) atoms. The zero-order chi connectivity index (χ0) is 13.1. The summed E-state index contributed by atoms with van der Waals surface area (Å²) in [5, 5.41) is 17.8. The number of nitriles is 1. The summed E-state index contributed by atoms with van der Waals surface area (Å²) >= 11 is 0. The first kappa shape index (κ1) is 12.4. The van der Waals surface area contributed by atoms with Gasteiger partial charge in [-0.25, -0.2) is 0 Å². The quantitative estimate of drug-likeness (QED) is 0.816. The standard InChI is InChI=1S/C15H20N4/c16-10-12-4-3-9-19(11-12)15-8-7-14(17-18-15)13-5-1-2-6-13/h7-8,12-13H,1-6,9,11H2. The lowest BCUT2D eigenvalue weighted by molar-refractivity contribution is 0.489. The van der Waals surface area contributed by atoms with Gasteiger partial charge >= 0.3 is 0 Å². The monoisotopic (exact) mass is 256 g/mol. The molecule has 1 aliphatic heterocycles. The molecule has 0 radical (unpaired) electrons. The highest BCUT2D eigenvalue weighted by Gasteiger charge is 2.22. The maximum atomic E-state index is 9.03. The molecular formula is C15H20N4. The Bertz CT molecular complexity index is 456. The van der Waals surface area contributed by atoms with Crippen LogP contribution in [-0.4, -0.2) is 23.3 Å². The molecule has 2 heterocycles. The predicted molar refractivity (Wildman–Crippen MR) is 73.8 cm³/mol. The summed E-state index contributed by atoms with van der Waals surface area (Å²) in [5.41, 5.74) is 1.15. The lowest BCUT2D eigenvalue weighted by Crippen LogP contribution is -2.35.